The molecule has 0 N–H and O–H groups in total. The van der Waals surface area contributed by atoms with Crippen LogP contribution in [-0.2, 0) is 6.54 Å². The summed E-state index contributed by atoms with van der Waals surface area (Å²) in [7, 11) is 3.99. The lowest BCUT2D eigenvalue weighted by Gasteiger charge is -2.24. The van der Waals surface area contributed by atoms with Gasteiger partial charge < -0.3 is 9.80 Å². The summed E-state index contributed by atoms with van der Waals surface area (Å²) in [5, 5.41) is 0. The van der Waals surface area contributed by atoms with Crippen molar-refractivity contribution < 1.29 is 9.14 Å². The maximum absolute atomic E-state index is 2.49. The molecule has 0 saturated carbocycles. The van der Waals surface area contributed by atoms with E-state index in [4.69, 9.17) is 0 Å². The molecule has 1 aliphatic heterocycles. The topological polar surface area (TPSA) is 13.4 Å². The molecule has 0 spiro atoms. The largest absolute Gasteiger partial charge is 0.371 e. The highest BCUT2D eigenvalue weighted by Crippen LogP contribution is 2.26. The Morgan fingerprint density at radius 1 is 0.696 bits per heavy atom. The maximum Gasteiger partial charge on any atom is 0.169 e. The fourth-order valence-electron chi connectivity index (χ4n) is 5.73. The molecule has 4 nitrogen and oxygen atoms in total. The van der Waals surface area contributed by atoms with E-state index in [9.17, 15) is 0 Å². The fourth-order valence-corrected chi connectivity index (χ4v) is 7.71. The van der Waals surface area contributed by atoms with Gasteiger partial charge in [0, 0.05) is 73.7 Å². The van der Waals surface area contributed by atoms with E-state index in [1.165, 1.54) is 44.8 Å². The summed E-state index contributed by atoms with van der Waals surface area (Å²) in [4.78, 5) is 4.97. The molecule has 0 aliphatic carbocycles. The second-order valence-corrected chi connectivity index (χ2v) is 14.5. The highest BCUT2D eigenvalue weighted by molar-refractivity contribution is 8.76. The minimum Gasteiger partial charge on any atom is -0.371 e. The molecule has 3 aromatic rings. The van der Waals surface area contributed by atoms with Crippen LogP contribution < -0.4 is 14.4 Å². The minimum absolute atomic E-state index is 0.997. The average Bonchev–Trinajstić information content (AvgIpc) is 3.10. The Morgan fingerprint density at radius 3 is 1.65 bits per heavy atom. The summed E-state index contributed by atoms with van der Waals surface area (Å²) in [6.45, 7) is 20.7. The highest BCUT2D eigenvalue weighted by Gasteiger charge is 2.12. The first-order valence-corrected chi connectivity index (χ1v) is 19.5. The van der Waals surface area contributed by atoms with Gasteiger partial charge in [-0.05, 0) is 99.2 Å². The molecule has 0 radical (unpaired) electrons. The Balaban J connectivity index is 1.19. The van der Waals surface area contributed by atoms with Crippen LogP contribution in [-0.4, -0.2) is 61.6 Å². The van der Waals surface area contributed by atoms with Crippen molar-refractivity contribution in [2.24, 2.45) is 0 Å². The van der Waals surface area contributed by atoms with Crippen LogP contribution in [0.5, 0.6) is 0 Å². The zero-order valence-electron chi connectivity index (χ0n) is 28.9. The van der Waals surface area contributed by atoms with Crippen LogP contribution in [0.25, 0.3) is 17.7 Å². The van der Waals surface area contributed by atoms with Gasteiger partial charge in [0.2, 0.25) is 0 Å². The SMILES string of the molecule is CCN(CCSSCCN(CC)c1ccc(/C=C(\C)c2cc[n+](CC)cc2)cc1)c1ccc(/C=C(\C)C2=CC=[N+](CC)CC2)cc1. The van der Waals surface area contributed by atoms with Gasteiger partial charge in [-0.15, -0.1) is 0 Å². The quantitative estimate of drug-likeness (QED) is 0.0818. The number of anilines is 2. The molecule has 2 heterocycles. The van der Waals surface area contributed by atoms with Crippen LogP contribution in [0, 0.1) is 0 Å². The number of hydrogen-bond acceptors (Lipinski definition) is 4. The highest BCUT2D eigenvalue weighted by atomic mass is 33.1. The number of allylic oxidation sites excluding steroid dienone is 3. The number of rotatable bonds is 17. The van der Waals surface area contributed by atoms with Gasteiger partial charge >= 0.3 is 0 Å². The second kappa shape index (κ2) is 18.8. The van der Waals surface area contributed by atoms with Crippen molar-refractivity contribution in [2.45, 2.75) is 54.5 Å². The fraction of sp³-hybridized carbons (Fsp3) is 0.400. The van der Waals surface area contributed by atoms with Gasteiger partial charge in [-0.3, -0.25) is 0 Å². The van der Waals surface area contributed by atoms with E-state index in [1.54, 1.807) is 0 Å². The third-order valence-corrected chi connectivity index (χ3v) is 11.2. The predicted octanol–water partition coefficient (Wildman–Crippen LogP) is 9.13. The predicted molar refractivity (Wildman–Crippen MR) is 208 cm³/mol. The van der Waals surface area contributed by atoms with Crippen molar-refractivity contribution in [3.63, 3.8) is 0 Å². The number of pyridine rings is 1. The Bertz CT molecular complexity index is 1490. The second-order valence-electron chi connectivity index (χ2n) is 11.8. The van der Waals surface area contributed by atoms with Crippen molar-refractivity contribution in [3.05, 3.63) is 107 Å². The third-order valence-electron chi connectivity index (χ3n) is 8.80. The molecule has 0 saturated heterocycles. The molecule has 46 heavy (non-hydrogen) atoms. The monoisotopic (exact) mass is 654 g/mol. The van der Waals surface area contributed by atoms with Crippen LogP contribution in [0.4, 0.5) is 11.4 Å². The van der Waals surface area contributed by atoms with E-state index in [0.717, 1.165) is 63.7 Å². The molecule has 0 bridgehead atoms. The molecule has 0 fully saturated rings. The third kappa shape index (κ3) is 10.7. The first-order chi connectivity index (χ1) is 22.4. The van der Waals surface area contributed by atoms with Crippen LogP contribution in [0.15, 0.2) is 90.3 Å². The van der Waals surface area contributed by atoms with E-state index in [-0.39, 0.29) is 0 Å². The lowest BCUT2D eigenvalue weighted by Crippen LogP contribution is -2.30. The van der Waals surface area contributed by atoms with E-state index >= 15 is 0 Å². The molecule has 0 amide bonds. The summed E-state index contributed by atoms with van der Waals surface area (Å²) in [5.74, 6) is 2.23. The molecule has 0 unspecified atom stereocenters. The van der Waals surface area contributed by atoms with Gasteiger partial charge in [-0.1, -0.05) is 58.0 Å². The van der Waals surface area contributed by atoms with E-state index < -0.39 is 0 Å². The van der Waals surface area contributed by atoms with E-state index in [1.807, 2.05) is 21.6 Å². The van der Waals surface area contributed by atoms with Crippen molar-refractivity contribution in [3.8, 4) is 0 Å². The number of hydrogen-bond donors (Lipinski definition) is 0. The van der Waals surface area contributed by atoms with Gasteiger partial charge in [0.25, 0.3) is 0 Å². The van der Waals surface area contributed by atoms with Gasteiger partial charge in [0.15, 0.2) is 18.6 Å². The van der Waals surface area contributed by atoms with Crippen molar-refractivity contribution >= 4 is 56.9 Å². The molecule has 4 rings (SSSR count). The number of nitrogens with zero attached hydrogens (tertiary/aromatic N) is 4. The van der Waals surface area contributed by atoms with Crippen molar-refractivity contribution in [1.29, 1.82) is 0 Å². The molecule has 1 aliphatic rings. The van der Waals surface area contributed by atoms with Crippen LogP contribution in [0.3, 0.4) is 0 Å². The number of benzene rings is 2. The Kier molecular flexibility index (Phi) is 14.6. The van der Waals surface area contributed by atoms with Crippen LogP contribution in [0.2, 0.25) is 0 Å². The molecule has 2 aromatic carbocycles. The van der Waals surface area contributed by atoms with Crippen molar-refractivity contribution in [1.82, 2.24) is 0 Å². The molecule has 0 atom stereocenters. The summed E-state index contributed by atoms with van der Waals surface area (Å²) in [6.07, 6.45) is 14.6. The van der Waals surface area contributed by atoms with E-state index in [2.05, 4.69) is 158 Å². The Labute approximate surface area is 287 Å². The summed E-state index contributed by atoms with van der Waals surface area (Å²) >= 11 is 0. The standard InChI is InChI=1S/C40H54N4S2/c1-7-41-23-19-37(20-24-41)33(5)31-35-11-15-39(16-12-35)43(9-3)27-29-45-46-30-28-44(10-4)40-17-13-36(14-18-40)32-34(6)38-21-25-42(8-2)26-22-38/h11-21,23-25,31-32H,7-10,22,26-30H2,1-6H3/q+2. The average molecular weight is 655 g/mol. The molecular weight excluding hydrogens is 601 g/mol. The summed E-state index contributed by atoms with van der Waals surface area (Å²) in [5.41, 5.74) is 10.5. The normalized spacial score (nSPS) is 13.8. The first-order valence-electron chi connectivity index (χ1n) is 17.0. The van der Waals surface area contributed by atoms with Gasteiger partial charge in [-0.25, -0.2) is 9.14 Å². The van der Waals surface area contributed by atoms with Crippen molar-refractivity contribution in [2.75, 3.05) is 60.6 Å². The zero-order chi connectivity index (χ0) is 32.7. The summed E-state index contributed by atoms with van der Waals surface area (Å²) < 4.78 is 4.56. The Morgan fingerprint density at radius 2 is 1.22 bits per heavy atom. The Hall–Kier alpha value is -3.22. The van der Waals surface area contributed by atoms with Gasteiger partial charge in [0.1, 0.15) is 19.6 Å². The molecule has 1 aromatic heterocycles. The molecular formula is C40H54N4S2+2. The minimum atomic E-state index is 0.997. The summed E-state index contributed by atoms with van der Waals surface area (Å²) in [6, 6.07) is 22.5. The zero-order valence-corrected chi connectivity index (χ0v) is 30.5. The lowest BCUT2D eigenvalue weighted by molar-refractivity contribution is -0.693. The van der Waals surface area contributed by atoms with Crippen LogP contribution >= 0.6 is 21.6 Å². The number of aryl methyl sites for hydroxylation is 1. The lowest BCUT2D eigenvalue weighted by atomic mass is 9.99. The molecule has 6 heteroatoms. The first kappa shape index (κ1) is 35.6. The molecule has 244 valence electrons. The van der Waals surface area contributed by atoms with Gasteiger partial charge in [0.05, 0.1) is 0 Å². The smallest absolute Gasteiger partial charge is 0.169 e. The number of aromatic nitrogens is 1. The van der Waals surface area contributed by atoms with E-state index in [0.29, 0.717) is 0 Å². The van der Waals surface area contributed by atoms with Crippen LogP contribution in [0.1, 0.15) is 64.7 Å². The van der Waals surface area contributed by atoms with Gasteiger partial charge in [-0.2, -0.15) is 0 Å². The maximum atomic E-state index is 2.49.